The van der Waals surface area contributed by atoms with E-state index in [0.29, 0.717) is 11.3 Å². The SMILES string of the molecule is CO/N=C(\C(=O)CNc1nc(/C(=N/OC)C(=O)N[C@@H]2C(=O)N3C(C(=O)OCOC(=O)C(C)(C)C)=C(C)CS[C@H]23)cs1)c1csc(N)n1. The topological polar surface area (TPSA) is 226 Å². The van der Waals surface area contributed by atoms with Crippen molar-refractivity contribution in [2.75, 3.05) is 44.4 Å². The van der Waals surface area contributed by atoms with E-state index in [1.54, 1.807) is 33.1 Å². The Balaban J connectivity index is 1.38. The van der Waals surface area contributed by atoms with Crippen molar-refractivity contribution in [2.45, 2.75) is 39.1 Å². The number of thiazole rings is 2. The molecule has 2 aliphatic rings. The molecule has 2 aromatic rings. The normalized spacial score (nSPS) is 18.2. The molecule has 4 heterocycles. The number of β-lactam (4-membered cyclic amide) rings is 1. The molecule has 1 saturated heterocycles. The minimum Gasteiger partial charge on any atom is -0.427 e. The molecular formula is C27H32N8O9S3. The van der Waals surface area contributed by atoms with Crippen LogP contribution in [0.2, 0.25) is 0 Å². The van der Waals surface area contributed by atoms with E-state index in [0.717, 1.165) is 22.7 Å². The number of carbonyl (C=O) groups is 5. The van der Waals surface area contributed by atoms with Crippen molar-refractivity contribution in [1.29, 1.82) is 0 Å². The first-order valence-electron chi connectivity index (χ1n) is 13.7. The number of anilines is 2. The molecule has 252 valence electrons. The van der Waals surface area contributed by atoms with Crippen LogP contribution in [0.15, 0.2) is 32.3 Å². The molecule has 17 nitrogen and oxygen atoms in total. The van der Waals surface area contributed by atoms with Gasteiger partial charge in [0, 0.05) is 16.5 Å². The zero-order valence-electron chi connectivity index (χ0n) is 26.1. The third-order valence-corrected chi connectivity index (χ3v) is 9.29. The molecule has 0 bridgehead atoms. The van der Waals surface area contributed by atoms with E-state index >= 15 is 0 Å². The van der Waals surface area contributed by atoms with Crippen LogP contribution >= 0.6 is 34.4 Å². The average molecular weight is 709 g/mol. The number of oxime groups is 2. The average Bonchev–Trinajstić information content (AvgIpc) is 3.68. The number of hydrogen-bond acceptors (Lipinski definition) is 18. The van der Waals surface area contributed by atoms with E-state index < -0.39 is 53.2 Å². The fraction of sp³-hybridized carbons (Fsp3) is 0.444. The van der Waals surface area contributed by atoms with E-state index in [9.17, 15) is 24.0 Å². The largest absolute Gasteiger partial charge is 0.427 e. The first kappa shape index (κ1) is 35.3. The summed E-state index contributed by atoms with van der Waals surface area (Å²) in [5, 5.41) is 16.1. The predicted octanol–water partition coefficient (Wildman–Crippen LogP) is 1.33. The first-order chi connectivity index (χ1) is 22.3. The van der Waals surface area contributed by atoms with Crippen LogP contribution < -0.4 is 16.4 Å². The zero-order chi connectivity index (χ0) is 34.5. The molecule has 0 spiro atoms. The molecule has 0 saturated carbocycles. The number of aromatic nitrogens is 2. The van der Waals surface area contributed by atoms with Crippen molar-refractivity contribution >= 4 is 85.7 Å². The van der Waals surface area contributed by atoms with Crippen LogP contribution in [0.25, 0.3) is 0 Å². The van der Waals surface area contributed by atoms with Gasteiger partial charge in [-0.25, -0.2) is 14.8 Å². The lowest BCUT2D eigenvalue weighted by Crippen LogP contribution is -2.71. The van der Waals surface area contributed by atoms with Crippen molar-refractivity contribution in [3.63, 3.8) is 0 Å². The van der Waals surface area contributed by atoms with Crippen LogP contribution in [0.5, 0.6) is 0 Å². The lowest BCUT2D eigenvalue weighted by atomic mass is 9.98. The summed E-state index contributed by atoms with van der Waals surface area (Å²) >= 11 is 3.59. The van der Waals surface area contributed by atoms with Gasteiger partial charge >= 0.3 is 11.9 Å². The molecule has 1 fully saturated rings. The van der Waals surface area contributed by atoms with Gasteiger partial charge in [-0.15, -0.1) is 34.4 Å². The standard InChI is InChI=1S/C27H32N8O9S3/c1-12-8-45-22-18(21(38)35(22)19(12)23(39)43-11-44-24(40)27(2,3)4)32-20(37)17(34-42-6)14-10-47-26(31-14)29-7-15(36)16(33-41-5)13-9-46-25(28)30-13/h9-10,18,22H,7-8,11H2,1-6H3,(H2,28,30)(H,29,31)(H,32,37)/b33-16-,34-17-/t18-,22-/m1/s1. The number of esters is 2. The number of amides is 2. The van der Waals surface area contributed by atoms with E-state index in [4.69, 9.17) is 24.9 Å². The fourth-order valence-electron chi connectivity index (χ4n) is 4.12. The van der Waals surface area contributed by atoms with Crippen molar-refractivity contribution < 1.29 is 43.1 Å². The van der Waals surface area contributed by atoms with Crippen LogP contribution in [0.4, 0.5) is 10.3 Å². The van der Waals surface area contributed by atoms with Gasteiger partial charge in [0.25, 0.3) is 11.8 Å². The summed E-state index contributed by atoms with van der Waals surface area (Å²) in [4.78, 5) is 83.5. The Morgan fingerprint density at radius 2 is 1.70 bits per heavy atom. The Labute approximate surface area is 280 Å². The second-order valence-corrected chi connectivity index (χ2v) is 13.7. The van der Waals surface area contributed by atoms with Gasteiger partial charge in [0.1, 0.15) is 42.7 Å². The highest BCUT2D eigenvalue weighted by Crippen LogP contribution is 2.40. The monoisotopic (exact) mass is 708 g/mol. The highest BCUT2D eigenvalue weighted by atomic mass is 32.2. The number of nitrogens with two attached hydrogens (primary N) is 1. The highest BCUT2D eigenvalue weighted by Gasteiger charge is 2.54. The molecule has 0 aromatic carbocycles. The smallest absolute Gasteiger partial charge is 0.357 e. The summed E-state index contributed by atoms with van der Waals surface area (Å²) in [6.07, 6.45) is 0. The lowest BCUT2D eigenvalue weighted by Gasteiger charge is -2.49. The van der Waals surface area contributed by atoms with Crippen LogP contribution in [0.1, 0.15) is 39.1 Å². The van der Waals surface area contributed by atoms with E-state index in [1.807, 2.05) is 0 Å². The van der Waals surface area contributed by atoms with Gasteiger partial charge in [0.15, 0.2) is 21.7 Å². The second-order valence-electron chi connectivity index (χ2n) is 10.9. The van der Waals surface area contributed by atoms with Crippen LogP contribution in [0, 0.1) is 5.41 Å². The van der Waals surface area contributed by atoms with Crippen LogP contribution in [-0.4, -0.2) is 101 Å². The van der Waals surface area contributed by atoms with Gasteiger partial charge in [-0.1, -0.05) is 10.3 Å². The highest BCUT2D eigenvalue weighted by molar-refractivity contribution is 8.00. The number of nitrogen functional groups attached to an aromatic ring is 1. The summed E-state index contributed by atoms with van der Waals surface area (Å²) in [5.41, 5.74) is 5.64. The summed E-state index contributed by atoms with van der Waals surface area (Å²) in [6, 6.07) is -0.990. The summed E-state index contributed by atoms with van der Waals surface area (Å²) in [7, 11) is 2.55. The number of fused-ring (bicyclic) bond motifs is 1. The Bertz CT molecular complexity index is 1660. The fourth-order valence-corrected chi connectivity index (χ4v) is 6.66. The number of thioether (sulfide) groups is 1. The maximum atomic E-state index is 13.3. The number of carbonyl (C=O) groups excluding carboxylic acids is 5. The third-order valence-electron chi connectivity index (χ3n) is 6.39. The molecule has 2 atom stereocenters. The number of ketones is 1. The number of Topliss-reactive ketones (excluding diaryl/α,β-unsaturated/α-hetero) is 1. The Hall–Kier alpha value is -4.56. The summed E-state index contributed by atoms with van der Waals surface area (Å²) in [5.74, 6) is -2.73. The summed E-state index contributed by atoms with van der Waals surface area (Å²) in [6.45, 7) is 5.84. The first-order valence-corrected chi connectivity index (χ1v) is 16.5. The number of hydrogen-bond donors (Lipinski definition) is 3. The van der Waals surface area contributed by atoms with Gasteiger partial charge in [-0.3, -0.25) is 24.1 Å². The molecule has 4 rings (SSSR count). The van der Waals surface area contributed by atoms with E-state index in [2.05, 4.69) is 30.9 Å². The number of nitrogens with zero attached hydrogens (tertiary/aromatic N) is 5. The van der Waals surface area contributed by atoms with Gasteiger partial charge in [-0.05, 0) is 33.3 Å². The van der Waals surface area contributed by atoms with Crippen molar-refractivity contribution in [3.8, 4) is 0 Å². The molecule has 20 heteroatoms. The van der Waals surface area contributed by atoms with Gasteiger partial charge in [0.2, 0.25) is 12.6 Å². The lowest BCUT2D eigenvalue weighted by molar-refractivity contribution is -0.173. The minimum atomic E-state index is -0.990. The zero-order valence-corrected chi connectivity index (χ0v) is 28.6. The predicted molar refractivity (Wildman–Crippen MR) is 173 cm³/mol. The van der Waals surface area contributed by atoms with E-state index in [-0.39, 0.29) is 45.3 Å². The molecule has 2 aromatic heterocycles. The van der Waals surface area contributed by atoms with Crippen LogP contribution in [-0.2, 0) is 43.1 Å². The molecule has 2 amide bonds. The van der Waals surface area contributed by atoms with Crippen molar-refractivity contribution in [1.82, 2.24) is 20.2 Å². The number of ether oxygens (including phenoxy) is 2. The van der Waals surface area contributed by atoms with Crippen molar-refractivity contribution in [3.05, 3.63) is 33.4 Å². The molecule has 47 heavy (non-hydrogen) atoms. The summed E-state index contributed by atoms with van der Waals surface area (Å²) < 4.78 is 10.1. The maximum Gasteiger partial charge on any atom is 0.357 e. The molecule has 2 aliphatic heterocycles. The molecule has 0 aliphatic carbocycles. The second kappa shape index (κ2) is 14.9. The molecular weight excluding hydrogens is 677 g/mol. The molecule has 4 N–H and O–H groups in total. The Kier molecular flexibility index (Phi) is 11.2. The van der Waals surface area contributed by atoms with Crippen molar-refractivity contribution in [2.24, 2.45) is 15.7 Å². The Morgan fingerprint density at radius 3 is 2.34 bits per heavy atom. The quantitative estimate of drug-likeness (QED) is 0.0878. The van der Waals surface area contributed by atoms with Gasteiger partial charge in [0.05, 0.1) is 12.0 Å². The molecule has 0 unspecified atom stereocenters. The minimum absolute atomic E-state index is 0.0311. The number of rotatable bonds is 13. The van der Waals surface area contributed by atoms with E-state index in [1.165, 1.54) is 36.3 Å². The molecule has 0 radical (unpaired) electrons. The maximum absolute atomic E-state index is 13.3. The van der Waals surface area contributed by atoms with Crippen LogP contribution in [0.3, 0.4) is 0 Å². The Morgan fingerprint density at radius 1 is 1.04 bits per heavy atom. The van der Waals surface area contributed by atoms with Gasteiger partial charge < -0.3 is 35.5 Å². The third kappa shape index (κ3) is 8.06. The van der Waals surface area contributed by atoms with Gasteiger partial charge in [-0.2, -0.15) is 0 Å². The number of nitrogens with one attached hydrogen (secondary N) is 2.